The van der Waals surface area contributed by atoms with E-state index >= 15 is 0 Å². The quantitative estimate of drug-likeness (QED) is 0.284. The zero-order chi connectivity index (χ0) is 14.4. The molecule has 0 amide bonds. The molecule has 1 aliphatic rings. The highest BCUT2D eigenvalue weighted by Crippen LogP contribution is 2.41. The van der Waals surface area contributed by atoms with Gasteiger partial charge in [-0.1, -0.05) is 0 Å². The second kappa shape index (κ2) is 7.06. The van der Waals surface area contributed by atoms with Crippen LogP contribution in [-0.4, -0.2) is 36.6 Å². The first-order chi connectivity index (χ1) is 9.01. The first-order valence-electron chi connectivity index (χ1n) is 6.46. The molecule has 0 aliphatic heterocycles. The van der Waals surface area contributed by atoms with E-state index < -0.39 is 35.2 Å². The summed E-state index contributed by atoms with van der Waals surface area (Å²) in [7, 11) is 0. The summed E-state index contributed by atoms with van der Waals surface area (Å²) in [6.45, 7) is 3.10. The maximum Gasteiger partial charge on any atom is 0.320 e. The van der Waals surface area contributed by atoms with Crippen molar-refractivity contribution in [2.45, 2.75) is 26.7 Å². The number of ether oxygens (including phenoxy) is 2. The number of rotatable bonds is 8. The van der Waals surface area contributed by atoms with E-state index in [0.717, 1.165) is 12.8 Å². The van der Waals surface area contributed by atoms with E-state index in [2.05, 4.69) is 0 Å². The van der Waals surface area contributed by atoms with Crippen molar-refractivity contribution in [2.24, 2.45) is 17.8 Å². The Labute approximate surface area is 111 Å². The molecule has 1 aliphatic carbocycles. The molecule has 19 heavy (non-hydrogen) atoms. The molecule has 7 nitrogen and oxygen atoms in total. The minimum absolute atomic E-state index is 0.0317. The van der Waals surface area contributed by atoms with Crippen LogP contribution in [0.3, 0.4) is 0 Å². The molecule has 1 unspecified atom stereocenters. The first kappa shape index (κ1) is 15.4. The highest BCUT2D eigenvalue weighted by atomic mass is 16.6. The van der Waals surface area contributed by atoms with Crippen LogP contribution in [0.15, 0.2) is 0 Å². The molecule has 108 valence electrons. The van der Waals surface area contributed by atoms with Crippen LogP contribution < -0.4 is 0 Å². The van der Waals surface area contributed by atoms with Gasteiger partial charge in [-0.2, -0.15) is 0 Å². The Morgan fingerprint density at radius 3 is 2.00 bits per heavy atom. The van der Waals surface area contributed by atoms with Gasteiger partial charge in [0, 0.05) is 4.92 Å². The average Bonchev–Trinajstić information content (AvgIpc) is 3.12. The predicted molar refractivity (Wildman–Crippen MR) is 64.8 cm³/mol. The summed E-state index contributed by atoms with van der Waals surface area (Å²) in [6, 6.07) is 0. The van der Waals surface area contributed by atoms with Crippen LogP contribution in [0, 0.1) is 27.9 Å². The fourth-order valence-corrected chi connectivity index (χ4v) is 2.13. The molecule has 0 saturated heterocycles. The van der Waals surface area contributed by atoms with Gasteiger partial charge in [-0.25, -0.2) is 0 Å². The molecule has 1 fully saturated rings. The highest BCUT2D eigenvalue weighted by Gasteiger charge is 2.47. The van der Waals surface area contributed by atoms with Gasteiger partial charge in [-0.15, -0.1) is 0 Å². The zero-order valence-electron chi connectivity index (χ0n) is 11.2. The Balaban J connectivity index is 2.87. The number of nitrogens with zero attached hydrogens (tertiary/aromatic N) is 1. The number of carbonyl (C=O) groups excluding carboxylic acids is 2. The van der Waals surface area contributed by atoms with Gasteiger partial charge in [0.25, 0.3) is 0 Å². The summed E-state index contributed by atoms with van der Waals surface area (Å²) in [5.74, 6) is -3.23. The monoisotopic (exact) mass is 273 g/mol. The van der Waals surface area contributed by atoms with E-state index in [1.54, 1.807) is 13.8 Å². The third kappa shape index (κ3) is 4.50. The Bertz CT molecular complexity index is 334. The molecular weight excluding hydrogens is 254 g/mol. The van der Waals surface area contributed by atoms with Crippen molar-refractivity contribution in [1.82, 2.24) is 0 Å². The zero-order valence-corrected chi connectivity index (χ0v) is 11.2. The van der Waals surface area contributed by atoms with Crippen LogP contribution in [0.4, 0.5) is 0 Å². The Morgan fingerprint density at radius 2 is 1.68 bits per heavy atom. The minimum atomic E-state index is -1.18. The van der Waals surface area contributed by atoms with Crippen molar-refractivity contribution >= 4 is 11.9 Å². The minimum Gasteiger partial charge on any atom is -0.465 e. The van der Waals surface area contributed by atoms with Gasteiger partial charge >= 0.3 is 11.9 Å². The molecule has 0 spiro atoms. The van der Waals surface area contributed by atoms with Crippen LogP contribution >= 0.6 is 0 Å². The van der Waals surface area contributed by atoms with E-state index in [1.165, 1.54) is 0 Å². The maximum absolute atomic E-state index is 11.9. The van der Waals surface area contributed by atoms with E-state index in [9.17, 15) is 19.7 Å². The molecule has 7 heteroatoms. The molecule has 0 aromatic rings. The second-order valence-corrected chi connectivity index (χ2v) is 4.50. The van der Waals surface area contributed by atoms with Crippen LogP contribution in [0.1, 0.15) is 26.7 Å². The summed E-state index contributed by atoms with van der Waals surface area (Å²) in [4.78, 5) is 34.0. The summed E-state index contributed by atoms with van der Waals surface area (Å²) >= 11 is 0. The van der Waals surface area contributed by atoms with Crippen molar-refractivity contribution in [1.29, 1.82) is 0 Å². The van der Waals surface area contributed by atoms with Crippen LogP contribution in [0.2, 0.25) is 0 Å². The summed E-state index contributed by atoms with van der Waals surface area (Å²) in [5.41, 5.74) is 0. The summed E-state index contributed by atoms with van der Waals surface area (Å²) in [5, 5.41) is 10.7. The first-order valence-corrected chi connectivity index (χ1v) is 6.46. The van der Waals surface area contributed by atoms with Crippen molar-refractivity contribution in [3.63, 3.8) is 0 Å². The molecular formula is C12H19NO6. The standard InChI is InChI=1S/C12H19NO6/c1-3-18-11(14)10(12(15)19-4-2)9(7-13(16)17)8-5-6-8/h8-10H,3-7H2,1-2H3. The van der Waals surface area contributed by atoms with Crippen molar-refractivity contribution in [3.05, 3.63) is 10.1 Å². The Kier molecular flexibility index (Phi) is 5.72. The average molecular weight is 273 g/mol. The fourth-order valence-electron chi connectivity index (χ4n) is 2.13. The summed E-state index contributed by atoms with van der Waals surface area (Å²) in [6.07, 6.45) is 1.60. The molecule has 0 radical (unpaired) electrons. The van der Waals surface area contributed by atoms with Gasteiger partial charge in [0.05, 0.1) is 19.1 Å². The smallest absolute Gasteiger partial charge is 0.320 e. The van der Waals surface area contributed by atoms with Crippen LogP contribution in [0.5, 0.6) is 0 Å². The van der Waals surface area contributed by atoms with Crippen molar-refractivity contribution in [2.75, 3.05) is 19.8 Å². The molecule has 1 atom stereocenters. The largest absolute Gasteiger partial charge is 0.465 e. The lowest BCUT2D eigenvalue weighted by molar-refractivity contribution is -0.490. The predicted octanol–water partition coefficient (Wildman–Crippen LogP) is 1.03. The number of esters is 2. The van der Waals surface area contributed by atoms with Crippen LogP contribution in [-0.2, 0) is 19.1 Å². The second-order valence-electron chi connectivity index (χ2n) is 4.50. The fraction of sp³-hybridized carbons (Fsp3) is 0.833. The lowest BCUT2D eigenvalue weighted by Gasteiger charge is -2.20. The molecule has 1 rings (SSSR count). The Morgan fingerprint density at radius 1 is 1.21 bits per heavy atom. The third-order valence-electron chi connectivity index (χ3n) is 3.10. The lowest BCUT2D eigenvalue weighted by Crippen LogP contribution is -2.38. The van der Waals surface area contributed by atoms with E-state index in [0.29, 0.717) is 0 Å². The highest BCUT2D eigenvalue weighted by molar-refractivity contribution is 5.95. The molecule has 0 N–H and O–H groups in total. The molecule has 0 aromatic carbocycles. The van der Waals surface area contributed by atoms with Gasteiger partial charge in [0.2, 0.25) is 6.54 Å². The van der Waals surface area contributed by atoms with Gasteiger partial charge in [-0.3, -0.25) is 19.7 Å². The molecule has 0 heterocycles. The topological polar surface area (TPSA) is 95.7 Å². The van der Waals surface area contributed by atoms with Gasteiger partial charge < -0.3 is 9.47 Å². The SMILES string of the molecule is CCOC(=O)C(C(=O)OCC)C(C[N+](=O)[O-])C1CC1. The van der Waals surface area contributed by atoms with Gasteiger partial charge in [0.15, 0.2) is 5.92 Å². The molecule has 0 aromatic heterocycles. The maximum atomic E-state index is 11.9. The van der Waals surface area contributed by atoms with E-state index in [4.69, 9.17) is 9.47 Å². The molecule has 1 saturated carbocycles. The lowest BCUT2D eigenvalue weighted by atomic mass is 9.88. The van der Waals surface area contributed by atoms with Crippen molar-refractivity contribution < 1.29 is 24.0 Å². The Hall–Kier alpha value is -1.66. The third-order valence-corrected chi connectivity index (χ3v) is 3.10. The number of carbonyl (C=O) groups is 2. The molecule has 0 bridgehead atoms. The van der Waals surface area contributed by atoms with Gasteiger partial charge in [0.1, 0.15) is 0 Å². The summed E-state index contributed by atoms with van der Waals surface area (Å²) < 4.78 is 9.70. The van der Waals surface area contributed by atoms with E-state index in [-0.39, 0.29) is 19.1 Å². The van der Waals surface area contributed by atoms with Gasteiger partial charge in [-0.05, 0) is 32.6 Å². The number of hydrogen-bond donors (Lipinski definition) is 0. The number of nitro groups is 1. The van der Waals surface area contributed by atoms with Crippen molar-refractivity contribution in [3.8, 4) is 0 Å². The van der Waals surface area contributed by atoms with E-state index in [1.807, 2.05) is 0 Å². The normalized spacial score (nSPS) is 15.9. The van der Waals surface area contributed by atoms with Crippen LogP contribution in [0.25, 0.3) is 0 Å². The number of hydrogen-bond acceptors (Lipinski definition) is 6.